The van der Waals surface area contributed by atoms with Crippen LogP contribution in [0.4, 0.5) is 4.79 Å². The topological polar surface area (TPSA) is 43.8 Å². The van der Waals surface area contributed by atoms with Crippen LogP contribution in [-0.2, 0) is 0 Å². The van der Waals surface area contributed by atoms with Gasteiger partial charge in [0.05, 0.1) is 6.10 Å². The van der Waals surface area contributed by atoms with Gasteiger partial charge in [-0.2, -0.15) is 0 Å². The molecule has 1 aliphatic heterocycles. The van der Waals surface area contributed by atoms with Gasteiger partial charge in [-0.15, -0.1) is 0 Å². The number of rotatable bonds is 2. The number of urea groups is 1. The molecular formula is C7H14N2O2. The summed E-state index contributed by atoms with van der Waals surface area (Å²) in [6, 6.07) is 0.0194. The number of β-amino-alcohol motifs (C(OH)–C–C–N with tert-alkyl or cyclic N) is 1. The first-order chi connectivity index (χ1) is 5.11. The standard InChI is InChI=1S/C7H14N2O2/c1-6(10)5-9-4-3-8(2)7(9)11/h6,10H,3-5H2,1-2H3/t6-/m0/s1. The Bertz CT molecular complexity index is 159. The van der Waals surface area contributed by atoms with E-state index in [0.29, 0.717) is 6.54 Å². The Hall–Kier alpha value is -0.770. The fraction of sp³-hybridized carbons (Fsp3) is 0.857. The van der Waals surface area contributed by atoms with Crippen LogP contribution in [0, 0.1) is 0 Å². The van der Waals surface area contributed by atoms with Crippen LogP contribution in [-0.4, -0.2) is 53.7 Å². The van der Waals surface area contributed by atoms with Gasteiger partial charge >= 0.3 is 6.03 Å². The highest BCUT2D eigenvalue weighted by Gasteiger charge is 2.25. The van der Waals surface area contributed by atoms with E-state index >= 15 is 0 Å². The first-order valence-electron chi connectivity index (χ1n) is 3.79. The number of aliphatic hydroxyl groups is 1. The summed E-state index contributed by atoms with van der Waals surface area (Å²) >= 11 is 0. The van der Waals surface area contributed by atoms with E-state index in [9.17, 15) is 4.79 Å². The molecule has 0 aromatic rings. The van der Waals surface area contributed by atoms with Crippen molar-refractivity contribution in [2.75, 3.05) is 26.7 Å². The molecule has 0 aromatic heterocycles. The van der Waals surface area contributed by atoms with Crippen LogP contribution in [0.1, 0.15) is 6.92 Å². The minimum absolute atomic E-state index is 0.0194. The van der Waals surface area contributed by atoms with E-state index in [1.54, 1.807) is 23.8 Å². The summed E-state index contributed by atoms with van der Waals surface area (Å²) in [7, 11) is 1.77. The molecule has 0 unspecified atom stereocenters. The minimum atomic E-state index is -0.426. The Morgan fingerprint density at radius 2 is 2.27 bits per heavy atom. The molecule has 1 N–H and O–H groups in total. The summed E-state index contributed by atoms with van der Waals surface area (Å²) in [4.78, 5) is 14.5. The molecular weight excluding hydrogens is 144 g/mol. The lowest BCUT2D eigenvalue weighted by atomic mass is 10.4. The van der Waals surface area contributed by atoms with Crippen LogP contribution in [0.2, 0.25) is 0 Å². The van der Waals surface area contributed by atoms with E-state index in [2.05, 4.69) is 0 Å². The quantitative estimate of drug-likeness (QED) is 0.601. The van der Waals surface area contributed by atoms with Gasteiger partial charge in [0.2, 0.25) is 0 Å². The molecule has 0 aromatic carbocycles. The number of likely N-dealkylation sites (N-methyl/N-ethyl adjacent to an activating group) is 1. The van der Waals surface area contributed by atoms with Crippen molar-refractivity contribution in [3.05, 3.63) is 0 Å². The maximum absolute atomic E-state index is 11.2. The van der Waals surface area contributed by atoms with E-state index in [1.165, 1.54) is 0 Å². The molecule has 4 nitrogen and oxygen atoms in total. The zero-order valence-electron chi connectivity index (χ0n) is 6.95. The summed E-state index contributed by atoms with van der Waals surface area (Å²) in [6.07, 6.45) is -0.426. The normalized spacial score (nSPS) is 21.2. The van der Waals surface area contributed by atoms with Gasteiger partial charge in [-0.3, -0.25) is 0 Å². The van der Waals surface area contributed by atoms with Gasteiger partial charge in [-0.1, -0.05) is 0 Å². The molecule has 4 heteroatoms. The zero-order valence-corrected chi connectivity index (χ0v) is 6.95. The molecule has 11 heavy (non-hydrogen) atoms. The van der Waals surface area contributed by atoms with Gasteiger partial charge in [-0.25, -0.2) is 4.79 Å². The van der Waals surface area contributed by atoms with Crippen molar-refractivity contribution in [1.82, 2.24) is 9.80 Å². The smallest absolute Gasteiger partial charge is 0.319 e. The van der Waals surface area contributed by atoms with Crippen molar-refractivity contribution in [2.24, 2.45) is 0 Å². The van der Waals surface area contributed by atoms with Crippen molar-refractivity contribution in [1.29, 1.82) is 0 Å². The van der Waals surface area contributed by atoms with Gasteiger partial charge in [-0.05, 0) is 6.92 Å². The molecule has 0 bridgehead atoms. The number of carbonyl (C=O) groups excluding carboxylic acids is 1. The molecule has 1 heterocycles. The van der Waals surface area contributed by atoms with Crippen LogP contribution < -0.4 is 0 Å². The number of aliphatic hydroxyl groups excluding tert-OH is 1. The third-order valence-electron chi connectivity index (χ3n) is 1.79. The van der Waals surface area contributed by atoms with E-state index in [1.807, 2.05) is 0 Å². The highest BCUT2D eigenvalue weighted by Crippen LogP contribution is 2.05. The third kappa shape index (κ3) is 1.83. The monoisotopic (exact) mass is 158 g/mol. The molecule has 1 rings (SSSR count). The summed E-state index contributed by atoms with van der Waals surface area (Å²) in [6.45, 7) is 3.64. The average Bonchev–Trinajstić information content (AvgIpc) is 2.18. The number of hydrogen-bond acceptors (Lipinski definition) is 2. The van der Waals surface area contributed by atoms with Crippen LogP contribution in [0.25, 0.3) is 0 Å². The fourth-order valence-corrected chi connectivity index (χ4v) is 1.19. The molecule has 2 amide bonds. The summed E-state index contributed by atoms with van der Waals surface area (Å²) < 4.78 is 0. The SMILES string of the molecule is C[C@H](O)CN1CCN(C)C1=O. The van der Waals surface area contributed by atoms with Gasteiger partial charge in [0.1, 0.15) is 0 Å². The molecule has 0 saturated carbocycles. The van der Waals surface area contributed by atoms with Crippen LogP contribution in [0.3, 0.4) is 0 Å². The molecule has 1 aliphatic rings. The van der Waals surface area contributed by atoms with Crippen LogP contribution >= 0.6 is 0 Å². The molecule has 64 valence electrons. The largest absolute Gasteiger partial charge is 0.392 e. The Morgan fingerprint density at radius 1 is 1.64 bits per heavy atom. The van der Waals surface area contributed by atoms with Crippen molar-refractivity contribution in [3.8, 4) is 0 Å². The van der Waals surface area contributed by atoms with Crippen molar-refractivity contribution < 1.29 is 9.90 Å². The molecule has 0 radical (unpaired) electrons. The molecule has 1 atom stereocenters. The molecule has 1 fully saturated rings. The molecule has 1 saturated heterocycles. The lowest BCUT2D eigenvalue weighted by molar-refractivity contribution is 0.141. The lowest BCUT2D eigenvalue weighted by Crippen LogP contribution is -2.34. The van der Waals surface area contributed by atoms with Crippen molar-refractivity contribution in [2.45, 2.75) is 13.0 Å². The highest BCUT2D eigenvalue weighted by atomic mass is 16.3. The minimum Gasteiger partial charge on any atom is -0.392 e. The van der Waals surface area contributed by atoms with Gasteiger partial charge < -0.3 is 14.9 Å². The number of amides is 2. The van der Waals surface area contributed by atoms with E-state index in [-0.39, 0.29) is 6.03 Å². The zero-order chi connectivity index (χ0) is 8.43. The maximum Gasteiger partial charge on any atom is 0.319 e. The Kier molecular flexibility index (Phi) is 2.34. The summed E-state index contributed by atoms with van der Waals surface area (Å²) in [5.41, 5.74) is 0. The fourth-order valence-electron chi connectivity index (χ4n) is 1.19. The van der Waals surface area contributed by atoms with E-state index in [4.69, 9.17) is 5.11 Å². The van der Waals surface area contributed by atoms with Crippen molar-refractivity contribution in [3.63, 3.8) is 0 Å². The average molecular weight is 158 g/mol. The second-order valence-electron chi connectivity index (χ2n) is 3.00. The predicted molar refractivity (Wildman–Crippen MR) is 41.3 cm³/mol. The lowest BCUT2D eigenvalue weighted by Gasteiger charge is -2.16. The second-order valence-corrected chi connectivity index (χ2v) is 3.00. The Morgan fingerprint density at radius 3 is 2.64 bits per heavy atom. The summed E-state index contributed by atoms with van der Waals surface area (Å²) in [5, 5.41) is 9.00. The third-order valence-corrected chi connectivity index (χ3v) is 1.79. The first kappa shape index (κ1) is 8.33. The first-order valence-corrected chi connectivity index (χ1v) is 3.79. The highest BCUT2D eigenvalue weighted by molar-refractivity contribution is 5.76. The Balaban J connectivity index is 2.42. The predicted octanol–water partition coefficient (Wildman–Crippen LogP) is -0.265. The maximum atomic E-state index is 11.2. The number of nitrogens with zero attached hydrogens (tertiary/aromatic N) is 2. The van der Waals surface area contributed by atoms with E-state index in [0.717, 1.165) is 13.1 Å². The van der Waals surface area contributed by atoms with E-state index < -0.39 is 6.10 Å². The molecule has 0 spiro atoms. The Labute approximate surface area is 66.4 Å². The molecule has 0 aliphatic carbocycles. The van der Waals surface area contributed by atoms with Crippen LogP contribution in [0.5, 0.6) is 0 Å². The van der Waals surface area contributed by atoms with Gasteiger partial charge in [0.15, 0.2) is 0 Å². The number of carbonyl (C=O) groups is 1. The van der Waals surface area contributed by atoms with Crippen LogP contribution in [0.15, 0.2) is 0 Å². The van der Waals surface area contributed by atoms with Gasteiger partial charge in [0.25, 0.3) is 0 Å². The van der Waals surface area contributed by atoms with Gasteiger partial charge in [0, 0.05) is 26.7 Å². The second kappa shape index (κ2) is 3.09. The number of hydrogen-bond donors (Lipinski definition) is 1. The summed E-state index contributed by atoms with van der Waals surface area (Å²) in [5.74, 6) is 0. The van der Waals surface area contributed by atoms with Crippen molar-refractivity contribution >= 4 is 6.03 Å².